The van der Waals surface area contributed by atoms with Crippen LogP contribution in [0.1, 0.15) is 28.8 Å². The molecule has 0 radical (unpaired) electrons. The molecular formula is C22H20BrClN4O4. The van der Waals surface area contributed by atoms with Gasteiger partial charge in [0.25, 0.3) is 5.91 Å². The van der Waals surface area contributed by atoms with Crippen LogP contribution in [0.15, 0.2) is 58.2 Å². The molecule has 166 valence electrons. The van der Waals surface area contributed by atoms with Crippen molar-refractivity contribution in [1.29, 1.82) is 0 Å². The molecule has 1 spiro atoms. The van der Waals surface area contributed by atoms with E-state index in [4.69, 9.17) is 22.2 Å². The molecular weight excluding hydrogens is 500 g/mol. The van der Waals surface area contributed by atoms with Gasteiger partial charge in [-0.15, -0.1) is 0 Å². The largest absolute Gasteiger partial charge is 0.387 e. The van der Waals surface area contributed by atoms with Crippen LogP contribution in [0.3, 0.4) is 0 Å². The molecule has 0 aromatic heterocycles. The molecule has 8 nitrogen and oxygen atoms in total. The zero-order valence-electron chi connectivity index (χ0n) is 16.9. The van der Waals surface area contributed by atoms with Gasteiger partial charge in [-0.2, -0.15) is 0 Å². The molecule has 1 unspecified atom stereocenters. The van der Waals surface area contributed by atoms with Gasteiger partial charge >= 0.3 is 0 Å². The Labute approximate surface area is 197 Å². The second-order valence-electron chi connectivity index (χ2n) is 7.84. The van der Waals surface area contributed by atoms with E-state index in [0.717, 1.165) is 15.7 Å². The highest BCUT2D eigenvalue weighted by Gasteiger charge is 2.53. The van der Waals surface area contributed by atoms with Crippen LogP contribution in [0.2, 0.25) is 5.02 Å². The van der Waals surface area contributed by atoms with E-state index in [1.165, 1.54) is 4.90 Å². The Balaban J connectivity index is 1.57. The lowest BCUT2D eigenvalue weighted by Gasteiger charge is -2.24. The summed E-state index contributed by atoms with van der Waals surface area (Å²) in [5.41, 5.74) is 6.34. The number of halogens is 2. The zero-order chi connectivity index (χ0) is 22.9. The molecule has 1 saturated heterocycles. The molecule has 4 rings (SSSR count). The minimum atomic E-state index is -0.839. The number of carbonyl (C=O) groups excluding carboxylic acids is 3. The number of primary amides is 1. The SMILES string of the molecule is NC(=O)CNC(=O)[C@@H]1CC2(CC(c3ccc(Cl)cc3)=NO2)CN1C(=O)c1ccc(Br)cc1. The highest BCUT2D eigenvalue weighted by atomic mass is 79.9. The summed E-state index contributed by atoms with van der Waals surface area (Å²) >= 11 is 9.32. The van der Waals surface area contributed by atoms with Crippen molar-refractivity contribution in [2.75, 3.05) is 13.1 Å². The van der Waals surface area contributed by atoms with Gasteiger partial charge in [0.2, 0.25) is 11.8 Å². The number of oxime groups is 1. The van der Waals surface area contributed by atoms with E-state index in [-0.39, 0.29) is 25.4 Å². The topological polar surface area (TPSA) is 114 Å². The molecule has 3 N–H and O–H groups in total. The third-order valence-electron chi connectivity index (χ3n) is 5.51. The fourth-order valence-corrected chi connectivity index (χ4v) is 4.35. The van der Waals surface area contributed by atoms with Crippen molar-refractivity contribution in [1.82, 2.24) is 10.2 Å². The number of hydrogen-bond acceptors (Lipinski definition) is 5. The second-order valence-corrected chi connectivity index (χ2v) is 9.19. The fraction of sp³-hybridized carbons (Fsp3) is 0.273. The number of hydrogen-bond donors (Lipinski definition) is 2. The predicted octanol–water partition coefficient (Wildman–Crippen LogP) is 2.48. The van der Waals surface area contributed by atoms with Crippen LogP contribution >= 0.6 is 27.5 Å². The van der Waals surface area contributed by atoms with E-state index in [1.807, 2.05) is 12.1 Å². The molecule has 2 aliphatic rings. The van der Waals surface area contributed by atoms with Gasteiger partial charge in [0.05, 0.1) is 18.8 Å². The Bertz CT molecular complexity index is 1090. The number of nitrogens with two attached hydrogens (primary N) is 1. The van der Waals surface area contributed by atoms with Crippen LogP contribution in [0, 0.1) is 0 Å². The fourth-order valence-electron chi connectivity index (χ4n) is 3.96. The molecule has 0 aliphatic carbocycles. The van der Waals surface area contributed by atoms with Crippen molar-refractivity contribution >= 4 is 51.0 Å². The molecule has 2 heterocycles. The van der Waals surface area contributed by atoms with E-state index in [9.17, 15) is 14.4 Å². The molecule has 1 fully saturated rings. The third-order valence-corrected chi connectivity index (χ3v) is 6.29. The molecule has 2 aliphatic heterocycles. The highest BCUT2D eigenvalue weighted by molar-refractivity contribution is 9.10. The predicted molar refractivity (Wildman–Crippen MR) is 122 cm³/mol. The van der Waals surface area contributed by atoms with Gasteiger partial charge < -0.3 is 20.8 Å². The number of nitrogens with one attached hydrogen (secondary N) is 1. The van der Waals surface area contributed by atoms with Crippen molar-refractivity contribution in [3.05, 3.63) is 69.2 Å². The average Bonchev–Trinajstić information content (AvgIpc) is 3.36. The van der Waals surface area contributed by atoms with Crippen LogP contribution in [0.25, 0.3) is 0 Å². The van der Waals surface area contributed by atoms with Crippen molar-refractivity contribution in [3.63, 3.8) is 0 Å². The first-order valence-electron chi connectivity index (χ1n) is 9.90. The van der Waals surface area contributed by atoms with E-state index in [0.29, 0.717) is 17.0 Å². The summed E-state index contributed by atoms with van der Waals surface area (Å²) in [5, 5.41) is 7.36. The number of nitrogens with zero attached hydrogens (tertiary/aromatic N) is 2. The summed E-state index contributed by atoms with van der Waals surface area (Å²) in [6, 6.07) is 13.3. The Morgan fingerprint density at radius 3 is 2.53 bits per heavy atom. The molecule has 32 heavy (non-hydrogen) atoms. The lowest BCUT2D eigenvalue weighted by molar-refractivity contribution is -0.127. The van der Waals surface area contributed by atoms with E-state index >= 15 is 0 Å². The van der Waals surface area contributed by atoms with Crippen molar-refractivity contribution in [2.45, 2.75) is 24.5 Å². The van der Waals surface area contributed by atoms with Gasteiger partial charge in [0.1, 0.15) is 6.04 Å². The van der Waals surface area contributed by atoms with E-state index in [1.54, 1.807) is 36.4 Å². The summed E-state index contributed by atoms with van der Waals surface area (Å²) in [6.45, 7) is -0.132. The summed E-state index contributed by atoms with van der Waals surface area (Å²) < 4.78 is 0.836. The molecule has 2 atom stereocenters. The van der Waals surface area contributed by atoms with E-state index in [2.05, 4.69) is 26.4 Å². The first kappa shape index (κ1) is 22.3. The van der Waals surface area contributed by atoms with E-state index < -0.39 is 23.5 Å². The molecule has 0 bridgehead atoms. The lowest BCUT2D eigenvalue weighted by Crippen LogP contribution is -2.47. The number of amides is 3. The highest BCUT2D eigenvalue weighted by Crippen LogP contribution is 2.39. The normalized spacial score (nSPS) is 21.9. The molecule has 3 amide bonds. The van der Waals surface area contributed by atoms with Crippen LogP contribution in [0.5, 0.6) is 0 Å². The standard InChI is InChI=1S/C22H20BrClN4O4/c23-15-5-1-14(2-6-15)21(31)28-12-22(10-18(28)20(30)26-11-19(25)29)9-17(27-32-22)13-3-7-16(24)8-4-13/h1-8,18H,9-12H2,(H2,25,29)(H,26,30)/t18-,22?/m0/s1. The lowest BCUT2D eigenvalue weighted by atomic mass is 9.91. The van der Waals surface area contributed by atoms with Gasteiger partial charge in [0, 0.05) is 27.9 Å². The average molecular weight is 520 g/mol. The van der Waals surface area contributed by atoms with Crippen molar-refractivity contribution in [3.8, 4) is 0 Å². The maximum atomic E-state index is 13.3. The molecule has 0 saturated carbocycles. The van der Waals surface area contributed by atoms with Crippen molar-refractivity contribution in [2.24, 2.45) is 10.9 Å². The first-order chi connectivity index (χ1) is 15.3. The molecule has 2 aromatic carbocycles. The van der Waals surface area contributed by atoms with Crippen LogP contribution in [-0.2, 0) is 14.4 Å². The number of likely N-dealkylation sites (tertiary alicyclic amines) is 1. The number of carbonyl (C=O) groups is 3. The van der Waals surface area contributed by atoms with Gasteiger partial charge in [-0.25, -0.2) is 0 Å². The number of rotatable bonds is 5. The maximum absolute atomic E-state index is 13.3. The summed E-state index contributed by atoms with van der Waals surface area (Å²) in [5.74, 6) is -1.44. The Hall–Kier alpha value is -2.91. The third kappa shape index (κ3) is 4.63. The monoisotopic (exact) mass is 518 g/mol. The Morgan fingerprint density at radius 2 is 1.88 bits per heavy atom. The van der Waals surface area contributed by atoms with Gasteiger partial charge in [0.15, 0.2) is 5.60 Å². The zero-order valence-corrected chi connectivity index (χ0v) is 19.2. The first-order valence-corrected chi connectivity index (χ1v) is 11.1. The summed E-state index contributed by atoms with van der Waals surface area (Å²) in [4.78, 5) is 44.5. The summed E-state index contributed by atoms with van der Waals surface area (Å²) in [6.07, 6.45) is 0.665. The molecule has 10 heteroatoms. The summed E-state index contributed by atoms with van der Waals surface area (Å²) in [7, 11) is 0. The van der Waals surface area contributed by atoms with Gasteiger partial charge in [-0.3, -0.25) is 14.4 Å². The van der Waals surface area contributed by atoms with Gasteiger partial charge in [-0.05, 0) is 42.0 Å². The minimum absolute atomic E-state index is 0.178. The number of benzene rings is 2. The Kier molecular flexibility index (Phi) is 6.21. The maximum Gasteiger partial charge on any atom is 0.254 e. The minimum Gasteiger partial charge on any atom is -0.387 e. The molecule has 2 aromatic rings. The Morgan fingerprint density at radius 1 is 1.19 bits per heavy atom. The van der Waals surface area contributed by atoms with Crippen LogP contribution in [-0.4, -0.2) is 53.1 Å². The van der Waals surface area contributed by atoms with Crippen LogP contribution in [0.4, 0.5) is 0 Å². The quantitative estimate of drug-likeness (QED) is 0.632. The second kappa shape index (κ2) is 8.91. The van der Waals surface area contributed by atoms with Gasteiger partial charge in [-0.1, -0.05) is 44.8 Å². The smallest absolute Gasteiger partial charge is 0.254 e. The van der Waals surface area contributed by atoms with Crippen molar-refractivity contribution < 1.29 is 19.2 Å². The van der Waals surface area contributed by atoms with Crippen LogP contribution < -0.4 is 11.1 Å².